The first kappa shape index (κ1) is 27.8. The zero-order chi connectivity index (χ0) is 27.5. The predicted molar refractivity (Wildman–Crippen MR) is 145 cm³/mol. The number of aromatic nitrogens is 1. The molecule has 9 nitrogen and oxygen atoms in total. The van der Waals surface area contributed by atoms with E-state index < -0.39 is 54.2 Å². The second-order valence-electron chi connectivity index (χ2n) is 11.2. The second kappa shape index (κ2) is 10.3. The summed E-state index contributed by atoms with van der Waals surface area (Å²) in [6.07, 6.45) is 3.58. The number of methoxy groups -OCH3 is 1. The van der Waals surface area contributed by atoms with Crippen molar-refractivity contribution in [2.75, 3.05) is 7.11 Å². The van der Waals surface area contributed by atoms with E-state index >= 15 is 0 Å². The number of nitrogens with one attached hydrogen (secondary N) is 1. The SMILES string of the molecule is CO[C@H]1C[C@H]2C=CC3C4[C@H](O)[C@@H](C)[C@@H](OC(=O)c5cc(I)c[nH]5)[C@H]3O[C@]42/C(C)=C\[C@@H](C)[C@@H]([C@@H](C)O)OC1=O. The molecule has 1 aromatic heterocycles. The minimum Gasteiger partial charge on any atom is -0.457 e. The van der Waals surface area contributed by atoms with E-state index in [-0.39, 0.29) is 36.0 Å². The maximum Gasteiger partial charge on any atom is 0.355 e. The summed E-state index contributed by atoms with van der Waals surface area (Å²) in [5.41, 5.74) is 0.305. The fourth-order valence-electron chi connectivity index (χ4n) is 7.17. The molecule has 2 aliphatic carbocycles. The number of cyclic esters (lactones) is 1. The number of H-pyrrole nitrogens is 1. The highest BCUT2D eigenvalue weighted by Crippen LogP contribution is 2.61. The van der Waals surface area contributed by atoms with Gasteiger partial charge in [0.05, 0.1) is 12.2 Å². The first-order chi connectivity index (χ1) is 18.0. The zero-order valence-corrected chi connectivity index (χ0v) is 24.3. The number of aliphatic hydroxyl groups is 2. The van der Waals surface area contributed by atoms with E-state index in [0.29, 0.717) is 5.69 Å². The van der Waals surface area contributed by atoms with Crippen LogP contribution >= 0.6 is 22.6 Å². The Kier molecular flexibility index (Phi) is 7.58. The number of carbonyl (C=O) groups is 2. The zero-order valence-electron chi connectivity index (χ0n) is 22.2. The Hall–Kier alpha value is -1.73. The molecule has 1 saturated heterocycles. The molecule has 0 aromatic carbocycles. The van der Waals surface area contributed by atoms with Crippen LogP contribution in [0.1, 0.15) is 44.6 Å². The van der Waals surface area contributed by atoms with Crippen LogP contribution < -0.4 is 0 Å². The molecule has 12 atom stereocenters. The van der Waals surface area contributed by atoms with Crippen LogP contribution in [0.2, 0.25) is 0 Å². The van der Waals surface area contributed by atoms with Crippen LogP contribution in [0.15, 0.2) is 36.1 Å². The minimum absolute atomic E-state index is 0.180. The van der Waals surface area contributed by atoms with Gasteiger partial charge in [-0.1, -0.05) is 32.1 Å². The number of rotatable bonds is 4. The topological polar surface area (TPSA) is 127 Å². The Bertz CT molecular complexity index is 1150. The van der Waals surface area contributed by atoms with Crippen LogP contribution in [0.25, 0.3) is 0 Å². The number of carbonyl (C=O) groups excluding carboxylic acids is 2. The lowest BCUT2D eigenvalue weighted by Crippen LogP contribution is -2.57. The quantitative estimate of drug-likeness (QED) is 0.260. The minimum atomic E-state index is -0.938. The number of ether oxygens (including phenoxy) is 4. The third-order valence-corrected chi connectivity index (χ3v) is 9.61. The molecule has 208 valence electrons. The Labute approximate surface area is 236 Å². The molecule has 4 aliphatic rings. The highest BCUT2D eigenvalue weighted by atomic mass is 127. The van der Waals surface area contributed by atoms with E-state index in [1.165, 1.54) is 7.11 Å². The number of aliphatic hydroxyl groups excluding tert-OH is 2. The third kappa shape index (κ3) is 4.36. The Balaban J connectivity index is 1.56. The summed E-state index contributed by atoms with van der Waals surface area (Å²) in [4.78, 5) is 29.0. The Morgan fingerprint density at radius 2 is 2.05 bits per heavy atom. The largest absolute Gasteiger partial charge is 0.457 e. The average molecular weight is 641 g/mol. The van der Waals surface area contributed by atoms with Crippen molar-refractivity contribution in [3.05, 3.63) is 45.3 Å². The van der Waals surface area contributed by atoms with Crippen molar-refractivity contribution in [2.45, 2.75) is 76.3 Å². The van der Waals surface area contributed by atoms with Crippen LogP contribution in [0, 0.1) is 33.2 Å². The van der Waals surface area contributed by atoms with E-state index in [9.17, 15) is 19.8 Å². The molecule has 2 fully saturated rings. The lowest BCUT2D eigenvalue weighted by molar-refractivity contribution is -0.172. The summed E-state index contributed by atoms with van der Waals surface area (Å²) in [7, 11) is 1.46. The molecule has 0 radical (unpaired) electrons. The first-order valence-electron chi connectivity index (χ1n) is 13.2. The highest BCUT2D eigenvalue weighted by molar-refractivity contribution is 14.1. The van der Waals surface area contributed by atoms with Gasteiger partial charge in [-0.05, 0) is 54.5 Å². The average Bonchev–Trinajstić information content (AvgIpc) is 3.38. The van der Waals surface area contributed by atoms with Crippen molar-refractivity contribution in [2.24, 2.45) is 29.6 Å². The standard InChI is InChI=1S/C28H36INO8/c1-12-8-13(2)28-16(9-20(35-5)27(34)36-23(12)15(4)31)6-7-18-21(28)22(32)14(3)24(25(18)38-28)37-26(33)19-10-17(29)11-30-19/h6-8,10-12,14-16,18,20-25,30-32H,9H2,1-5H3/b13-8-/t12-,14-,15-,16-,18?,20+,21?,22-,23+,24-,25+,28+/m1/s1. The predicted octanol–water partition coefficient (Wildman–Crippen LogP) is 3.01. The van der Waals surface area contributed by atoms with Crippen molar-refractivity contribution in [1.82, 2.24) is 4.98 Å². The van der Waals surface area contributed by atoms with Gasteiger partial charge in [0.1, 0.15) is 29.6 Å². The van der Waals surface area contributed by atoms with Crippen molar-refractivity contribution in [1.29, 1.82) is 0 Å². The Morgan fingerprint density at radius 1 is 1.32 bits per heavy atom. The maximum absolute atomic E-state index is 13.1. The van der Waals surface area contributed by atoms with E-state index in [4.69, 9.17) is 18.9 Å². The monoisotopic (exact) mass is 641 g/mol. The molecule has 1 spiro atoms. The molecular weight excluding hydrogens is 605 g/mol. The fourth-order valence-corrected chi connectivity index (χ4v) is 7.64. The molecule has 38 heavy (non-hydrogen) atoms. The molecule has 2 aliphatic heterocycles. The van der Waals surface area contributed by atoms with Crippen LogP contribution in [-0.2, 0) is 23.7 Å². The summed E-state index contributed by atoms with van der Waals surface area (Å²) in [6, 6.07) is 1.72. The normalized spacial score (nSPS) is 44.4. The summed E-state index contributed by atoms with van der Waals surface area (Å²) in [6.45, 7) is 7.35. The number of esters is 2. The fraction of sp³-hybridized carbons (Fsp3) is 0.643. The molecule has 3 N–H and O–H groups in total. The number of halogens is 1. The van der Waals surface area contributed by atoms with E-state index in [2.05, 4.69) is 27.6 Å². The first-order valence-corrected chi connectivity index (χ1v) is 14.3. The van der Waals surface area contributed by atoms with E-state index in [0.717, 1.165) is 9.14 Å². The van der Waals surface area contributed by atoms with Crippen LogP contribution in [0.3, 0.4) is 0 Å². The van der Waals surface area contributed by atoms with Gasteiger partial charge in [-0.15, -0.1) is 0 Å². The van der Waals surface area contributed by atoms with Gasteiger partial charge in [0.2, 0.25) is 0 Å². The molecule has 0 amide bonds. The Morgan fingerprint density at radius 3 is 2.68 bits per heavy atom. The highest BCUT2D eigenvalue weighted by Gasteiger charge is 2.69. The van der Waals surface area contributed by atoms with Gasteiger partial charge in [0.15, 0.2) is 6.10 Å². The van der Waals surface area contributed by atoms with E-state index in [1.807, 2.05) is 39.0 Å². The van der Waals surface area contributed by atoms with Crippen molar-refractivity contribution < 1.29 is 38.7 Å². The van der Waals surface area contributed by atoms with E-state index in [1.54, 1.807) is 19.2 Å². The van der Waals surface area contributed by atoms with Gasteiger partial charge >= 0.3 is 11.9 Å². The maximum atomic E-state index is 13.1. The van der Waals surface area contributed by atoms with Crippen molar-refractivity contribution in [3.8, 4) is 0 Å². The van der Waals surface area contributed by atoms with Gasteiger partial charge in [-0.3, -0.25) is 0 Å². The van der Waals surface area contributed by atoms with Gasteiger partial charge in [0.25, 0.3) is 0 Å². The summed E-state index contributed by atoms with van der Waals surface area (Å²) >= 11 is 2.12. The molecule has 3 heterocycles. The second-order valence-corrected chi connectivity index (χ2v) is 12.5. The van der Waals surface area contributed by atoms with Crippen LogP contribution in [-0.4, -0.2) is 76.5 Å². The summed E-state index contributed by atoms with van der Waals surface area (Å²) in [5, 5.41) is 22.2. The number of hydrogen-bond acceptors (Lipinski definition) is 8. The van der Waals surface area contributed by atoms with Gasteiger partial charge < -0.3 is 34.1 Å². The molecule has 10 heteroatoms. The number of aromatic amines is 1. The smallest absolute Gasteiger partial charge is 0.355 e. The molecule has 1 aromatic rings. The molecule has 1 saturated carbocycles. The van der Waals surface area contributed by atoms with Crippen molar-refractivity contribution >= 4 is 34.5 Å². The molecule has 4 bridgehead atoms. The third-order valence-electron chi connectivity index (χ3n) is 8.99. The van der Waals surface area contributed by atoms with Gasteiger partial charge in [-0.2, -0.15) is 0 Å². The van der Waals surface area contributed by atoms with Gasteiger partial charge in [0, 0.05) is 46.5 Å². The molecule has 2 unspecified atom stereocenters. The molecular formula is C28H36INO8. The van der Waals surface area contributed by atoms with Gasteiger partial charge in [-0.25, -0.2) is 9.59 Å². The van der Waals surface area contributed by atoms with Crippen molar-refractivity contribution in [3.63, 3.8) is 0 Å². The van der Waals surface area contributed by atoms with Crippen LogP contribution in [0.4, 0.5) is 0 Å². The lowest BCUT2D eigenvalue weighted by atomic mass is 9.57. The molecule has 5 rings (SSSR count). The lowest BCUT2D eigenvalue weighted by Gasteiger charge is -2.48. The summed E-state index contributed by atoms with van der Waals surface area (Å²) < 4.78 is 25.1. The van der Waals surface area contributed by atoms with Crippen LogP contribution in [0.5, 0.6) is 0 Å². The summed E-state index contributed by atoms with van der Waals surface area (Å²) in [5.74, 6) is -2.50. The number of hydrogen-bond donors (Lipinski definition) is 3.